The predicted molar refractivity (Wildman–Crippen MR) is 78.6 cm³/mol. The van der Waals surface area contributed by atoms with Gasteiger partial charge in [-0.25, -0.2) is 0 Å². The van der Waals surface area contributed by atoms with Crippen molar-refractivity contribution in [3.63, 3.8) is 0 Å². The maximum atomic E-state index is 12.5. The monoisotopic (exact) mass is 294 g/mol. The van der Waals surface area contributed by atoms with E-state index in [0.29, 0.717) is 11.8 Å². The van der Waals surface area contributed by atoms with E-state index in [1.807, 2.05) is 0 Å². The fraction of sp³-hybridized carbons (Fsp3) is 0. The van der Waals surface area contributed by atoms with Crippen molar-refractivity contribution in [1.82, 2.24) is 0 Å². The molecule has 0 atom stereocenters. The summed E-state index contributed by atoms with van der Waals surface area (Å²) in [6, 6.07) is 4.89. The molecule has 1 aliphatic rings. The molecule has 0 spiro atoms. The average Bonchev–Trinajstić information content (AvgIpc) is 2.52. The Bertz CT molecular complexity index is 804. The SMILES string of the molecule is C=Cc1cc2c(cc1O)C(=O)c1cc(C=O)c(O)cc1C2=O. The van der Waals surface area contributed by atoms with Crippen molar-refractivity contribution in [2.45, 2.75) is 0 Å². The number of hydrogen-bond acceptors (Lipinski definition) is 5. The smallest absolute Gasteiger partial charge is 0.194 e. The van der Waals surface area contributed by atoms with Gasteiger partial charge in [-0.1, -0.05) is 12.7 Å². The molecule has 0 aliphatic heterocycles. The number of ketones is 2. The van der Waals surface area contributed by atoms with Gasteiger partial charge in [0.1, 0.15) is 11.5 Å². The first kappa shape index (κ1) is 13.8. The lowest BCUT2D eigenvalue weighted by atomic mass is 9.82. The molecule has 108 valence electrons. The summed E-state index contributed by atoms with van der Waals surface area (Å²) in [5, 5.41) is 19.5. The quantitative estimate of drug-likeness (QED) is 0.708. The molecule has 3 rings (SSSR count). The van der Waals surface area contributed by atoms with E-state index in [2.05, 4.69) is 6.58 Å². The molecule has 0 aromatic heterocycles. The molecule has 22 heavy (non-hydrogen) atoms. The van der Waals surface area contributed by atoms with Gasteiger partial charge in [0.2, 0.25) is 0 Å². The van der Waals surface area contributed by atoms with Crippen molar-refractivity contribution in [3.8, 4) is 11.5 Å². The van der Waals surface area contributed by atoms with Crippen molar-refractivity contribution >= 4 is 23.9 Å². The maximum Gasteiger partial charge on any atom is 0.194 e. The summed E-state index contributed by atoms with van der Waals surface area (Å²) in [5.41, 5.74) is 0.503. The van der Waals surface area contributed by atoms with E-state index >= 15 is 0 Å². The van der Waals surface area contributed by atoms with Gasteiger partial charge in [-0.15, -0.1) is 0 Å². The number of benzene rings is 2. The van der Waals surface area contributed by atoms with Crippen molar-refractivity contribution in [2.24, 2.45) is 0 Å². The lowest BCUT2D eigenvalue weighted by Crippen LogP contribution is -2.21. The molecule has 5 heteroatoms. The molecule has 5 nitrogen and oxygen atoms in total. The van der Waals surface area contributed by atoms with Gasteiger partial charge in [0.05, 0.1) is 5.56 Å². The minimum Gasteiger partial charge on any atom is -0.507 e. The fourth-order valence-corrected chi connectivity index (χ4v) is 2.51. The molecule has 2 aromatic carbocycles. The van der Waals surface area contributed by atoms with Crippen LogP contribution in [0.15, 0.2) is 30.8 Å². The Morgan fingerprint density at radius 1 is 0.773 bits per heavy atom. The summed E-state index contributed by atoms with van der Waals surface area (Å²) in [6.07, 6.45) is 1.77. The van der Waals surface area contributed by atoms with Gasteiger partial charge in [-0.3, -0.25) is 14.4 Å². The van der Waals surface area contributed by atoms with Crippen molar-refractivity contribution < 1.29 is 24.6 Å². The second-order valence-electron chi connectivity index (χ2n) is 4.89. The zero-order valence-corrected chi connectivity index (χ0v) is 11.3. The topological polar surface area (TPSA) is 91.7 Å². The average molecular weight is 294 g/mol. The first-order valence-corrected chi connectivity index (χ1v) is 6.39. The highest BCUT2D eigenvalue weighted by molar-refractivity contribution is 6.29. The summed E-state index contributed by atoms with van der Waals surface area (Å²) < 4.78 is 0. The lowest BCUT2D eigenvalue weighted by Gasteiger charge is -2.19. The van der Waals surface area contributed by atoms with Gasteiger partial charge in [0.25, 0.3) is 0 Å². The van der Waals surface area contributed by atoms with Crippen LogP contribution >= 0.6 is 0 Å². The number of phenolic OH excluding ortho intramolecular Hbond substituents is 2. The molecular weight excluding hydrogens is 284 g/mol. The minimum absolute atomic E-state index is 0.0290. The van der Waals surface area contributed by atoms with Gasteiger partial charge in [0, 0.05) is 27.8 Å². The zero-order chi connectivity index (χ0) is 16.0. The number of aldehydes is 1. The molecule has 0 unspecified atom stereocenters. The van der Waals surface area contributed by atoms with Crippen LogP contribution in [0.2, 0.25) is 0 Å². The first-order chi connectivity index (χ1) is 10.5. The summed E-state index contributed by atoms with van der Waals surface area (Å²) in [4.78, 5) is 35.9. The number of fused-ring (bicyclic) bond motifs is 2. The first-order valence-electron chi connectivity index (χ1n) is 6.39. The van der Waals surface area contributed by atoms with Crippen molar-refractivity contribution in [1.29, 1.82) is 0 Å². The van der Waals surface area contributed by atoms with E-state index in [-0.39, 0.29) is 39.3 Å². The highest BCUT2D eigenvalue weighted by Crippen LogP contribution is 2.34. The molecule has 2 aromatic rings. The van der Waals surface area contributed by atoms with Gasteiger partial charge in [-0.05, 0) is 24.3 Å². The van der Waals surface area contributed by atoms with Crippen LogP contribution in [0, 0.1) is 0 Å². The third kappa shape index (κ3) is 1.76. The van der Waals surface area contributed by atoms with Crippen LogP contribution in [-0.4, -0.2) is 28.1 Å². The van der Waals surface area contributed by atoms with Gasteiger partial charge >= 0.3 is 0 Å². The number of carbonyl (C=O) groups excluding carboxylic acids is 3. The molecule has 2 N–H and O–H groups in total. The lowest BCUT2D eigenvalue weighted by molar-refractivity contribution is 0.0978. The Labute approximate surface area is 125 Å². The van der Waals surface area contributed by atoms with Crippen LogP contribution in [-0.2, 0) is 0 Å². The van der Waals surface area contributed by atoms with E-state index in [9.17, 15) is 24.6 Å². The van der Waals surface area contributed by atoms with E-state index in [0.717, 1.165) is 6.07 Å². The van der Waals surface area contributed by atoms with E-state index < -0.39 is 11.6 Å². The highest BCUT2D eigenvalue weighted by Gasteiger charge is 2.31. The normalized spacial score (nSPS) is 12.5. The molecule has 1 aliphatic carbocycles. The number of hydrogen-bond donors (Lipinski definition) is 2. The Hall–Kier alpha value is -3.21. The molecule has 0 fully saturated rings. The molecule has 0 amide bonds. The summed E-state index contributed by atoms with van der Waals surface area (Å²) in [5.74, 6) is -1.46. The minimum atomic E-state index is -0.487. The van der Waals surface area contributed by atoms with Crippen LogP contribution < -0.4 is 0 Å². The van der Waals surface area contributed by atoms with E-state index in [1.165, 1.54) is 24.3 Å². The Balaban J connectivity index is 2.32. The highest BCUT2D eigenvalue weighted by atomic mass is 16.3. The van der Waals surface area contributed by atoms with Gasteiger partial charge < -0.3 is 10.2 Å². The second-order valence-corrected chi connectivity index (χ2v) is 4.89. The summed E-state index contributed by atoms with van der Waals surface area (Å²) in [6.45, 7) is 3.53. The molecule has 0 saturated heterocycles. The molecule has 0 bridgehead atoms. The predicted octanol–water partition coefficient (Wildman–Crippen LogP) is 2.33. The van der Waals surface area contributed by atoms with Crippen LogP contribution in [0.3, 0.4) is 0 Å². The van der Waals surface area contributed by atoms with Crippen molar-refractivity contribution in [2.75, 3.05) is 0 Å². The third-order valence-corrected chi connectivity index (χ3v) is 3.66. The maximum absolute atomic E-state index is 12.5. The molecule has 0 saturated carbocycles. The van der Waals surface area contributed by atoms with Gasteiger partial charge in [0.15, 0.2) is 17.9 Å². The zero-order valence-electron chi connectivity index (χ0n) is 11.3. The standard InChI is InChI=1S/C17H10O5/c1-2-8-3-10-12(5-14(8)19)17(22)11-4-9(7-18)15(20)6-13(11)16(10)21/h2-7,19-20H,1H2. The fourth-order valence-electron chi connectivity index (χ4n) is 2.51. The summed E-state index contributed by atoms with van der Waals surface area (Å²) in [7, 11) is 0. The number of aromatic hydroxyl groups is 2. The molecule has 0 heterocycles. The summed E-state index contributed by atoms with van der Waals surface area (Å²) >= 11 is 0. The Morgan fingerprint density at radius 2 is 1.18 bits per heavy atom. The third-order valence-electron chi connectivity index (χ3n) is 3.66. The van der Waals surface area contributed by atoms with Crippen LogP contribution in [0.4, 0.5) is 0 Å². The van der Waals surface area contributed by atoms with E-state index in [4.69, 9.17) is 0 Å². The molecule has 0 radical (unpaired) electrons. The molecular formula is C17H10O5. The number of phenols is 2. The largest absolute Gasteiger partial charge is 0.507 e. The van der Waals surface area contributed by atoms with Crippen molar-refractivity contribution in [3.05, 3.63) is 64.2 Å². The van der Waals surface area contributed by atoms with Crippen LogP contribution in [0.1, 0.15) is 47.8 Å². The Kier molecular flexibility index (Phi) is 2.92. The number of rotatable bonds is 2. The second kappa shape index (κ2) is 4.66. The van der Waals surface area contributed by atoms with Gasteiger partial charge in [-0.2, -0.15) is 0 Å². The Morgan fingerprint density at radius 3 is 1.64 bits per heavy atom. The number of carbonyl (C=O) groups is 3. The van der Waals surface area contributed by atoms with Crippen LogP contribution in [0.25, 0.3) is 6.08 Å². The van der Waals surface area contributed by atoms with E-state index in [1.54, 1.807) is 0 Å². The van der Waals surface area contributed by atoms with Crippen LogP contribution in [0.5, 0.6) is 11.5 Å².